The number of hydrogen-bond acceptors (Lipinski definition) is 3. The van der Waals surface area contributed by atoms with Crippen LogP contribution >= 0.6 is 0 Å². The number of pyridine rings is 1. The summed E-state index contributed by atoms with van der Waals surface area (Å²) in [6.07, 6.45) is 3.39. The van der Waals surface area contributed by atoms with Gasteiger partial charge in [-0.15, -0.1) is 0 Å². The molecule has 0 spiro atoms. The first-order chi connectivity index (χ1) is 10.7. The zero-order valence-corrected chi connectivity index (χ0v) is 13.2. The highest BCUT2D eigenvalue weighted by atomic mass is 16.3. The number of aliphatic hydroxyl groups is 1. The Morgan fingerprint density at radius 1 is 1.14 bits per heavy atom. The molecule has 0 amide bonds. The van der Waals surface area contributed by atoms with Crippen molar-refractivity contribution in [1.82, 2.24) is 9.88 Å². The molecule has 1 atom stereocenters. The summed E-state index contributed by atoms with van der Waals surface area (Å²) in [6.45, 7) is 5.28. The van der Waals surface area contributed by atoms with Crippen LogP contribution < -0.4 is 0 Å². The largest absolute Gasteiger partial charge is 0.387 e. The summed E-state index contributed by atoms with van der Waals surface area (Å²) in [5.74, 6) is 0.322. The summed E-state index contributed by atoms with van der Waals surface area (Å²) in [4.78, 5) is 6.78. The van der Waals surface area contributed by atoms with Gasteiger partial charge >= 0.3 is 0 Å². The fourth-order valence-corrected chi connectivity index (χ4v) is 3.25. The number of hydrogen-bond donors (Lipinski definition) is 1. The molecule has 1 fully saturated rings. The lowest BCUT2D eigenvalue weighted by Crippen LogP contribution is -2.35. The number of rotatable bonds is 4. The van der Waals surface area contributed by atoms with Gasteiger partial charge in [0, 0.05) is 12.7 Å². The Kier molecular flexibility index (Phi) is 4.86. The number of aromatic nitrogens is 1. The van der Waals surface area contributed by atoms with Crippen LogP contribution in [0.1, 0.15) is 35.8 Å². The minimum atomic E-state index is -0.429. The first kappa shape index (κ1) is 15.2. The van der Waals surface area contributed by atoms with Crippen LogP contribution in [0.2, 0.25) is 0 Å². The van der Waals surface area contributed by atoms with Crippen LogP contribution in [0.25, 0.3) is 0 Å². The van der Waals surface area contributed by atoms with Crippen molar-refractivity contribution < 1.29 is 5.11 Å². The molecule has 0 unspecified atom stereocenters. The average molecular weight is 296 g/mol. The van der Waals surface area contributed by atoms with E-state index >= 15 is 0 Å². The summed E-state index contributed by atoms with van der Waals surface area (Å²) >= 11 is 0. The molecule has 3 rings (SSSR count). The zero-order chi connectivity index (χ0) is 15.4. The lowest BCUT2D eigenvalue weighted by atomic mass is 9.89. The van der Waals surface area contributed by atoms with E-state index in [0.717, 1.165) is 38.2 Å². The van der Waals surface area contributed by atoms with Crippen molar-refractivity contribution in [3.05, 3.63) is 65.5 Å². The second kappa shape index (κ2) is 7.03. The van der Waals surface area contributed by atoms with Gasteiger partial charge in [0.2, 0.25) is 0 Å². The Labute approximate surface area is 132 Å². The smallest absolute Gasteiger partial charge is 0.0988 e. The van der Waals surface area contributed by atoms with Crippen LogP contribution in [0.4, 0.5) is 0 Å². The quantitative estimate of drug-likeness (QED) is 0.940. The Bertz CT molecular complexity index is 591. The van der Waals surface area contributed by atoms with Gasteiger partial charge in [-0.25, -0.2) is 0 Å². The Balaban J connectivity index is 1.55. The standard InChI is InChI=1S/C19H24N2O/c1-15-6-2-3-7-17(15)14-21-12-9-16(10-13-21)19(22)18-8-4-5-11-20-18/h2-8,11,16,19,22H,9-10,12-14H2,1H3/t19-/m1/s1. The maximum atomic E-state index is 10.5. The molecule has 1 aromatic carbocycles. The lowest BCUT2D eigenvalue weighted by Gasteiger charge is -2.34. The highest BCUT2D eigenvalue weighted by molar-refractivity contribution is 5.25. The molecule has 2 aromatic rings. The third kappa shape index (κ3) is 3.54. The van der Waals surface area contributed by atoms with E-state index in [4.69, 9.17) is 0 Å². The van der Waals surface area contributed by atoms with E-state index in [1.165, 1.54) is 11.1 Å². The summed E-state index contributed by atoms with van der Waals surface area (Å²) in [7, 11) is 0. The molecule has 22 heavy (non-hydrogen) atoms. The summed E-state index contributed by atoms with van der Waals surface area (Å²) in [5, 5.41) is 10.5. The van der Waals surface area contributed by atoms with E-state index in [0.29, 0.717) is 5.92 Å². The number of piperidine rings is 1. The molecular formula is C19H24N2O. The number of likely N-dealkylation sites (tertiary alicyclic amines) is 1. The molecule has 1 saturated heterocycles. The highest BCUT2D eigenvalue weighted by Crippen LogP contribution is 2.30. The van der Waals surface area contributed by atoms with Gasteiger partial charge in [0.25, 0.3) is 0 Å². The van der Waals surface area contributed by atoms with Gasteiger partial charge in [0.1, 0.15) is 0 Å². The lowest BCUT2D eigenvalue weighted by molar-refractivity contribution is 0.0539. The van der Waals surface area contributed by atoms with Crippen LogP contribution in [0, 0.1) is 12.8 Å². The van der Waals surface area contributed by atoms with E-state index < -0.39 is 6.10 Å². The Hall–Kier alpha value is -1.71. The van der Waals surface area contributed by atoms with Gasteiger partial charge in [-0.05, 0) is 62.0 Å². The molecule has 1 aliphatic rings. The first-order valence-corrected chi connectivity index (χ1v) is 8.10. The van der Waals surface area contributed by atoms with E-state index in [1.54, 1.807) is 6.20 Å². The van der Waals surface area contributed by atoms with E-state index in [1.807, 2.05) is 18.2 Å². The summed E-state index contributed by atoms with van der Waals surface area (Å²) in [6, 6.07) is 14.3. The van der Waals surface area contributed by atoms with E-state index in [2.05, 4.69) is 41.1 Å². The molecule has 1 N–H and O–H groups in total. The first-order valence-electron chi connectivity index (χ1n) is 8.10. The Morgan fingerprint density at radius 2 is 1.86 bits per heavy atom. The topological polar surface area (TPSA) is 36.4 Å². The van der Waals surface area contributed by atoms with Crippen molar-refractivity contribution >= 4 is 0 Å². The van der Waals surface area contributed by atoms with Gasteiger partial charge in [-0.1, -0.05) is 30.3 Å². The van der Waals surface area contributed by atoms with Gasteiger partial charge < -0.3 is 5.11 Å². The second-order valence-electron chi connectivity index (χ2n) is 6.24. The zero-order valence-electron chi connectivity index (χ0n) is 13.2. The average Bonchev–Trinajstić information content (AvgIpc) is 2.58. The maximum absolute atomic E-state index is 10.5. The second-order valence-corrected chi connectivity index (χ2v) is 6.24. The predicted octanol–water partition coefficient (Wildman–Crippen LogP) is 3.34. The molecule has 2 heterocycles. The molecule has 0 bridgehead atoms. The van der Waals surface area contributed by atoms with Crippen molar-refractivity contribution in [2.45, 2.75) is 32.4 Å². The van der Waals surface area contributed by atoms with Crippen LogP contribution in [0.3, 0.4) is 0 Å². The minimum Gasteiger partial charge on any atom is -0.387 e. The fourth-order valence-electron chi connectivity index (χ4n) is 3.25. The van der Waals surface area contributed by atoms with Gasteiger partial charge in [0.15, 0.2) is 0 Å². The molecule has 1 aromatic heterocycles. The van der Waals surface area contributed by atoms with Crippen LogP contribution in [0.5, 0.6) is 0 Å². The van der Waals surface area contributed by atoms with Crippen molar-refractivity contribution in [2.24, 2.45) is 5.92 Å². The van der Waals surface area contributed by atoms with Crippen molar-refractivity contribution in [1.29, 1.82) is 0 Å². The van der Waals surface area contributed by atoms with Crippen molar-refractivity contribution in [3.63, 3.8) is 0 Å². The molecule has 3 nitrogen and oxygen atoms in total. The Morgan fingerprint density at radius 3 is 2.55 bits per heavy atom. The highest BCUT2D eigenvalue weighted by Gasteiger charge is 2.26. The van der Waals surface area contributed by atoms with E-state index in [9.17, 15) is 5.11 Å². The summed E-state index contributed by atoms with van der Waals surface area (Å²) < 4.78 is 0. The molecule has 0 radical (unpaired) electrons. The summed E-state index contributed by atoms with van der Waals surface area (Å²) in [5.41, 5.74) is 3.57. The van der Waals surface area contributed by atoms with Crippen molar-refractivity contribution in [2.75, 3.05) is 13.1 Å². The van der Waals surface area contributed by atoms with Crippen LogP contribution in [-0.2, 0) is 6.54 Å². The maximum Gasteiger partial charge on any atom is 0.0988 e. The van der Waals surface area contributed by atoms with Gasteiger partial charge in [0.05, 0.1) is 11.8 Å². The van der Waals surface area contributed by atoms with Crippen LogP contribution in [-0.4, -0.2) is 28.1 Å². The monoisotopic (exact) mass is 296 g/mol. The number of aliphatic hydroxyl groups excluding tert-OH is 1. The molecule has 1 aliphatic heterocycles. The SMILES string of the molecule is Cc1ccccc1CN1CCC([C@@H](O)c2ccccn2)CC1. The van der Waals surface area contributed by atoms with Gasteiger partial charge in [-0.2, -0.15) is 0 Å². The number of aryl methyl sites for hydroxylation is 1. The normalized spacial score (nSPS) is 18.3. The molecule has 0 aliphatic carbocycles. The third-order valence-electron chi connectivity index (χ3n) is 4.72. The predicted molar refractivity (Wildman–Crippen MR) is 88.4 cm³/mol. The molecule has 116 valence electrons. The number of benzene rings is 1. The molecule has 0 saturated carbocycles. The van der Waals surface area contributed by atoms with Crippen LogP contribution in [0.15, 0.2) is 48.7 Å². The fraction of sp³-hybridized carbons (Fsp3) is 0.421. The van der Waals surface area contributed by atoms with Gasteiger partial charge in [-0.3, -0.25) is 9.88 Å². The molecule has 3 heteroatoms. The third-order valence-corrected chi connectivity index (χ3v) is 4.72. The van der Waals surface area contributed by atoms with E-state index in [-0.39, 0.29) is 0 Å². The number of nitrogens with zero attached hydrogens (tertiary/aromatic N) is 2. The van der Waals surface area contributed by atoms with Crippen molar-refractivity contribution in [3.8, 4) is 0 Å². The minimum absolute atomic E-state index is 0.322. The molecular weight excluding hydrogens is 272 g/mol.